The van der Waals surface area contributed by atoms with Crippen LogP contribution < -0.4 is 10.1 Å². The molecule has 1 fully saturated rings. The number of aliphatic carboxylic acids is 1. The summed E-state index contributed by atoms with van der Waals surface area (Å²) in [6.07, 6.45) is 6.33. The maximum atomic E-state index is 13.8. The van der Waals surface area contributed by atoms with Gasteiger partial charge in [0.2, 0.25) is 0 Å². The molecule has 2 aromatic carbocycles. The fraction of sp³-hybridized carbons (Fsp3) is 0.308. The van der Waals surface area contributed by atoms with Crippen molar-refractivity contribution in [2.75, 3.05) is 26.7 Å². The normalized spacial score (nSPS) is 18.7. The number of hydrogen-bond donors (Lipinski definition) is 2. The standard InChI is InChI=1S/C26H27F2N3O3/c1-34-20-5-7-23-21(16-20)17(8-11-29-23)9-12-30-24-10-14-31(25(24)26(32)33)13-2-3-18-15-19(27)4-6-22(18)28/h2-8,11,15-16,24-25,30H,9-10,12-14H2,1H3,(H,32,33)/b3-2+. The van der Waals surface area contributed by atoms with Crippen LogP contribution >= 0.6 is 0 Å². The van der Waals surface area contributed by atoms with E-state index in [-0.39, 0.29) is 11.6 Å². The molecule has 1 aliphatic rings. The third kappa shape index (κ3) is 5.40. The maximum Gasteiger partial charge on any atom is 0.322 e. The van der Waals surface area contributed by atoms with Crippen molar-refractivity contribution in [2.24, 2.45) is 0 Å². The van der Waals surface area contributed by atoms with Gasteiger partial charge in [-0.15, -0.1) is 0 Å². The Labute approximate surface area is 196 Å². The largest absolute Gasteiger partial charge is 0.497 e. The number of carbonyl (C=O) groups is 1. The molecule has 2 heterocycles. The van der Waals surface area contributed by atoms with Crippen molar-refractivity contribution in [3.63, 3.8) is 0 Å². The fourth-order valence-corrected chi connectivity index (χ4v) is 4.48. The van der Waals surface area contributed by atoms with Crippen LogP contribution in [0.4, 0.5) is 8.78 Å². The molecule has 2 N–H and O–H groups in total. The Morgan fingerprint density at radius 2 is 2.12 bits per heavy atom. The Kier molecular flexibility index (Phi) is 7.49. The van der Waals surface area contributed by atoms with Gasteiger partial charge in [-0.05, 0) is 67.4 Å². The molecule has 6 nitrogen and oxygen atoms in total. The van der Waals surface area contributed by atoms with E-state index < -0.39 is 23.6 Å². The lowest BCUT2D eigenvalue weighted by atomic mass is 10.0. The summed E-state index contributed by atoms with van der Waals surface area (Å²) in [4.78, 5) is 18.2. The summed E-state index contributed by atoms with van der Waals surface area (Å²) in [7, 11) is 1.63. The second-order valence-electron chi connectivity index (χ2n) is 8.30. The minimum absolute atomic E-state index is 0.141. The van der Waals surface area contributed by atoms with Crippen LogP contribution in [0.1, 0.15) is 17.5 Å². The second-order valence-corrected chi connectivity index (χ2v) is 8.30. The summed E-state index contributed by atoms with van der Waals surface area (Å²) in [6, 6.07) is 10.1. The van der Waals surface area contributed by atoms with Crippen LogP contribution in [-0.4, -0.2) is 59.8 Å². The van der Waals surface area contributed by atoms with E-state index in [2.05, 4.69) is 10.3 Å². The lowest BCUT2D eigenvalue weighted by Crippen LogP contribution is -2.48. The number of rotatable bonds is 9. The lowest BCUT2D eigenvalue weighted by Gasteiger charge is -2.24. The van der Waals surface area contributed by atoms with E-state index in [9.17, 15) is 18.7 Å². The summed E-state index contributed by atoms with van der Waals surface area (Å²) < 4.78 is 32.5. The average molecular weight is 468 g/mol. The van der Waals surface area contributed by atoms with Gasteiger partial charge in [0, 0.05) is 36.3 Å². The third-order valence-electron chi connectivity index (χ3n) is 6.19. The van der Waals surface area contributed by atoms with Gasteiger partial charge in [0.15, 0.2) is 0 Å². The number of fused-ring (bicyclic) bond motifs is 1. The van der Waals surface area contributed by atoms with Gasteiger partial charge in [0.1, 0.15) is 23.4 Å². The zero-order valence-corrected chi connectivity index (χ0v) is 18.9. The maximum absolute atomic E-state index is 13.8. The number of aromatic nitrogens is 1. The predicted molar refractivity (Wildman–Crippen MR) is 127 cm³/mol. The molecule has 2 atom stereocenters. The molecule has 1 saturated heterocycles. The molecule has 0 radical (unpaired) electrons. The number of nitrogens with one attached hydrogen (secondary N) is 1. The number of hydrogen-bond acceptors (Lipinski definition) is 5. The summed E-state index contributed by atoms with van der Waals surface area (Å²) in [5, 5.41) is 14.2. The van der Waals surface area contributed by atoms with Crippen LogP contribution in [0.3, 0.4) is 0 Å². The van der Waals surface area contributed by atoms with E-state index in [0.29, 0.717) is 32.5 Å². The van der Waals surface area contributed by atoms with Crippen LogP contribution in [0.15, 0.2) is 54.7 Å². The molecule has 3 aromatic rings. The van der Waals surface area contributed by atoms with E-state index in [1.54, 1.807) is 19.4 Å². The van der Waals surface area contributed by atoms with Gasteiger partial charge in [-0.25, -0.2) is 8.78 Å². The monoisotopic (exact) mass is 467 g/mol. The van der Waals surface area contributed by atoms with Gasteiger partial charge in [-0.1, -0.05) is 12.2 Å². The molecule has 0 saturated carbocycles. The van der Waals surface area contributed by atoms with Gasteiger partial charge in [0.25, 0.3) is 0 Å². The number of benzene rings is 2. The second kappa shape index (κ2) is 10.7. The first kappa shape index (κ1) is 23.8. The first-order chi connectivity index (χ1) is 16.5. The first-order valence-corrected chi connectivity index (χ1v) is 11.2. The number of nitrogens with zero attached hydrogens (tertiary/aromatic N) is 2. The highest BCUT2D eigenvalue weighted by molar-refractivity contribution is 5.83. The Hall–Kier alpha value is -3.36. The minimum Gasteiger partial charge on any atom is -0.497 e. The third-order valence-corrected chi connectivity index (χ3v) is 6.19. The van der Waals surface area contributed by atoms with Crippen molar-refractivity contribution >= 4 is 22.9 Å². The van der Waals surface area contributed by atoms with Crippen LogP contribution in [0.25, 0.3) is 17.0 Å². The zero-order chi connectivity index (χ0) is 24.1. The summed E-state index contributed by atoms with van der Waals surface area (Å²) in [6.45, 7) is 1.54. The molecule has 1 aliphatic heterocycles. The fourth-order valence-electron chi connectivity index (χ4n) is 4.48. The van der Waals surface area contributed by atoms with Gasteiger partial charge in [0.05, 0.1) is 12.6 Å². The van der Waals surface area contributed by atoms with E-state index in [1.165, 1.54) is 6.08 Å². The van der Waals surface area contributed by atoms with Crippen molar-refractivity contribution in [3.8, 4) is 5.75 Å². The van der Waals surface area contributed by atoms with E-state index in [1.807, 2.05) is 29.2 Å². The van der Waals surface area contributed by atoms with Crippen molar-refractivity contribution in [2.45, 2.75) is 24.9 Å². The number of carboxylic acid groups (broad SMARTS) is 1. The number of carboxylic acids is 1. The SMILES string of the molecule is COc1ccc2nccc(CCNC3CCN(C/C=C/c4cc(F)ccc4F)C3C(=O)O)c2c1. The quantitative estimate of drug-likeness (QED) is 0.497. The minimum atomic E-state index is -0.903. The molecule has 2 unspecified atom stereocenters. The van der Waals surface area contributed by atoms with Crippen LogP contribution in [0.5, 0.6) is 5.75 Å². The number of methoxy groups -OCH3 is 1. The number of pyridine rings is 1. The van der Waals surface area contributed by atoms with E-state index in [4.69, 9.17) is 4.74 Å². The summed E-state index contributed by atoms with van der Waals surface area (Å²) >= 11 is 0. The smallest absolute Gasteiger partial charge is 0.322 e. The van der Waals surface area contributed by atoms with E-state index >= 15 is 0 Å². The molecule has 0 bridgehead atoms. The highest BCUT2D eigenvalue weighted by Crippen LogP contribution is 2.23. The van der Waals surface area contributed by atoms with Crippen LogP contribution in [0.2, 0.25) is 0 Å². The topological polar surface area (TPSA) is 74.7 Å². The summed E-state index contributed by atoms with van der Waals surface area (Å²) in [5.41, 5.74) is 2.13. The summed E-state index contributed by atoms with van der Waals surface area (Å²) in [5.74, 6) is -1.18. The molecule has 178 valence electrons. The molecule has 1 aromatic heterocycles. The van der Waals surface area contributed by atoms with Crippen LogP contribution in [0, 0.1) is 11.6 Å². The highest BCUT2D eigenvalue weighted by Gasteiger charge is 2.38. The van der Waals surface area contributed by atoms with Crippen molar-refractivity contribution < 1.29 is 23.4 Å². The molecule has 4 rings (SSSR count). The molecule has 0 amide bonds. The average Bonchev–Trinajstić information content (AvgIpc) is 3.24. The highest BCUT2D eigenvalue weighted by atomic mass is 19.1. The molecule has 8 heteroatoms. The van der Waals surface area contributed by atoms with Gasteiger partial charge < -0.3 is 15.2 Å². The number of ether oxygens (including phenoxy) is 1. The lowest BCUT2D eigenvalue weighted by molar-refractivity contribution is -0.142. The number of likely N-dealkylation sites (tertiary alicyclic amines) is 1. The Bertz CT molecular complexity index is 1200. The predicted octanol–water partition coefficient (Wildman–Crippen LogP) is 3.89. The van der Waals surface area contributed by atoms with Crippen molar-refractivity contribution in [1.82, 2.24) is 15.2 Å². The molecule has 0 aliphatic carbocycles. The molecular formula is C26H27F2N3O3. The van der Waals surface area contributed by atoms with Gasteiger partial charge >= 0.3 is 5.97 Å². The first-order valence-electron chi connectivity index (χ1n) is 11.2. The molecule has 0 spiro atoms. The Morgan fingerprint density at radius 1 is 1.26 bits per heavy atom. The van der Waals surface area contributed by atoms with Gasteiger partial charge in [-0.3, -0.25) is 14.7 Å². The molecular weight excluding hydrogens is 440 g/mol. The zero-order valence-electron chi connectivity index (χ0n) is 18.9. The van der Waals surface area contributed by atoms with E-state index in [0.717, 1.165) is 40.4 Å². The Balaban J connectivity index is 1.37. The van der Waals surface area contributed by atoms with Crippen molar-refractivity contribution in [1.29, 1.82) is 0 Å². The molecule has 34 heavy (non-hydrogen) atoms. The number of halogens is 2. The van der Waals surface area contributed by atoms with Crippen molar-refractivity contribution in [3.05, 3.63) is 77.5 Å². The Morgan fingerprint density at radius 3 is 2.91 bits per heavy atom. The van der Waals surface area contributed by atoms with Gasteiger partial charge in [-0.2, -0.15) is 0 Å². The van der Waals surface area contributed by atoms with Crippen LogP contribution in [-0.2, 0) is 11.2 Å².